The van der Waals surface area contributed by atoms with Gasteiger partial charge in [-0.2, -0.15) is 9.71 Å². The van der Waals surface area contributed by atoms with Gasteiger partial charge < -0.3 is 9.26 Å². The summed E-state index contributed by atoms with van der Waals surface area (Å²) < 4.78 is 73.8. The summed E-state index contributed by atoms with van der Waals surface area (Å²) in [5.74, 6) is 0.0886. The normalized spacial score (nSPS) is 17.6. The predicted octanol–water partition coefficient (Wildman–Crippen LogP) is 3.41. The van der Waals surface area contributed by atoms with Crippen molar-refractivity contribution < 1.29 is 30.8 Å². The highest BCUT2D eigenvalue weighted by Crippen LogP contribution is 2.37. The molecule has 0 amide bonds. The van der Waals surface area contributed by atoms with Gasteiger partial charge in [0.05, 0.1) is 10.4 Å². The Morgan fingerprint density at radius 1 is 1.15 bits per heavy atom. The average Bonchev–Trinajstić information content (AvgIpc) is 3.01. The maximum atomic E-state index is 12.8. The summed E-state index contributed by atoms with van der Waals surface area (Å²) in [5, 5.41) is 3.89. The number of aromatic nitrogens is 2. The average molecular weight is 405 g/mol. The zero-order valence-corrected chi connectivity index (χ0v) is 15.2. The van der Waals surface area contributed by atoms with Crippen molar-refractivity contribution in [1.29, 1.82) is 0 Å². The van der Waals surface area contributed by atoms with Gasteiger partial charge in [-0.1, -0.05) is 24.4 Å². The number of ether oxygens (including phenoxy) is 1. The molecular weight excluding hydrogens is 387 g/mol. The second-order valence-electron chi connectivity index (χ2n) is 6.40. The third-order valence-corrected chi connectivity index (χ3v) is 5.91. The molecule has 0 spiro atoms. The molecule has 0 atom stereocenters. The Morgan fingerprint density at radius 3 is 2.30 bits per heavy atom. The van der Waals surface area contributed by atoms with Gasteiger partial charge in [-0.05, 0) is 37.1 Å². The Labute approximate surface area is 154 Å². The Bertz CT molecular complexity index is 888. The van der Waals surface area contributed by atoms with Crippen LogP contribution in [-0.2, 0) is 15.6 Å². The number of sulfonamides is 1. The van der Waals surface area contributed by atoms with Gasteiger partial charge in [0.25, 0.3) is 0 Å². The van der Waals surface area contributed by atoms with E-state index in [0.717, 1.165) is 43.5 Å². The third-order valence-electron chi connectivity index (χ3n) is 4.36. The van der Waals surface area contributed by atoms with Gasteiger partial charge in [0, 0.05) is 6.92 Å². The molecule has 1 aliphatic rings. The molecule has 0 saturated heterocycles. The van der Waals surface area contributed by atoms with E-state index in [2.05, 4.69) is 19.6 Å². The quantitative estimate of drug-likeness (QED) is 0.819. The van der Waals surface area contributed by atoms with Crippen molar-refractivity contribution in [3.8, 4) is 5.75 Å². The summed E-state index contributed by atoms with van der Waals surface area (Å²) in [4.78, 5) is 4.01. The predicted molar refractivity (Wildman–Crippen MR) is 87.2 cm³/mol. The van der Waals surface area contributed by atoms with Gasteiger partial charge in [0.15, 0.2) is 5.82 Å². The van der Waals surface area contributed by atoms with Gasteiger partial charge in [-0.15, -0.1) is 13.2 Å². The monoisotopic (exact) mass is 405 g/mol. The van der Waals surface area contributed by atoms with Crippen molar-refractivity contribution >= 4 is 10.0 Å². The number of alkyl halides is 3. The topological polar surface area (TPSA) is 94.3 Å². The van der Waals surface area contributed by atoms with Crippen LogP contribution < -0.4 is 9.46 Å². The van der Waals surface area contributed by atoms with Gasteiger partial charge in [0.2, 0.25) is 15.9 Å². The number of halogens is 3. The SMILES string of the molecule is Cc1nc(C2(NS(=O)(=O)c3ccc(OC(F)(F)F)cc3)CCCCC2)no1. The van der Waals surface area contributed by atoms with E-state index < -0.39 is 27.7 Å². The van der Waals surface area contributed by atoms with Crippen LogP contribution in [0.3, 0.4) is 0 Å². The van der Waals surface area contributed by atoms with Gasteiger partial charge in [-0.3, -0.25) is 0 Å². The maximum absolute atomic E-state index is 12.8. The van der Waals surface area contributed by atoms with Crippen LogP contribution in [0.1, 0.15) is 43.8 Å². The number of benzene rings is 1. The number of hydrogen-bond donors (Lipinski definition) is 1. The van der Waals surface area contributed by atoms with Crippen molar-refractivity contribution in [3.05, 3.63) is 36.0 Å². The first-order chi connectivity index (χ1) is 12.6. The molecule has 1 aromatic carbocycles. The lowest BCUT2D eigenvalue weighted by Gasteiger charge is -2.34. The minimum atomic E-state index is -4.85. The first-order valence-electron chi connectivity index (χ1n) is 8.30. The molecular formula is C16H18F3N3O4S. The molecule has 11 heteroatoms. The molecule has 0 radical (unpaired) electrons. The van der Waals surface area contributed by atoms with E-state index in [-0.39, 0.29) is 10.7 Å². The van der Waals surface area contributed by atoms with Crippen LogP contribution in [0.2, 0.25) is 0 Å². The molecule has 148 valence electrons. The van der Waals surface area contributed by atoms with E-state index in [4.69, 9.17) is 4.52 Å². The molecule has 7 nitrogen and oxygen atoms in total. The van der Waals surface area contributed by atoms with E-state index in [9.17, 15) is 21.6 Å². The van der Waals surface area contributed by atoms with Crippen LogP contribution in [0, 0.1) is 6.92 Å². The second kappa shape index (κ2) is 7.12. The van der Waals surface area contributed by atoms with Crippen molar-refractivity contribution in [1.82, 2.24) is 14.9 Å². The molecule has 0 unspecified atom stereocenters. The first-order valence-corrected chi connectivity index (χ1v) is 9.79. The fourth-order valence-electron chi connectivity index (χ4n) is 3.16. The zero-order valence-electron chi connectivity index (χ0n) is 14.4. The lowest BCUT2D eigenvalue weighted by atomic mass is 9.82. The molecule has 27 heavy (non-hydrogen) atoms. The number of aryl methyl sites for hydroxylation is 1. The minimum absolute atomic E-state index is 0.179. The second-order valence-corrected chi connectivity index (χ2v) is 8.09. The number of rotatable bonds is 5. The van der Waals surface area contributed by atoms with Gasteiger partial charge in [-0.25, -0.2) is 8.42 Å². The minimum Gasteiger partial charge on any atom is -0.406 e. The van der Waals surface area contributed by atoms with E-state index in [1.54, 1.807) is 6.92 Å². The van der Waals surface area contributed by atoms with Crippen LogP contribution in [0.25, 0.3) is 0 Å². The third kappa shape index (κ3) is 4.59. The van der Waals surface area contributed by atoms with Crippen molar-refractivity contribution in [2.75, 3.05) is 0 Å². The van der Waals surface area contributed by atoms with Gasteiger partial charge in [0.1, 0.15) is 5.75 Å². The number of hydrogen-bond acceptors (Lipinski definition) is 6. The summed E-state index contributed by atoms with van der Waals surface area (Å²) in [6, 6.07) is 4.02. The fraction of sp³-hybridized carbons (Fsp3) is 0.500. The largest absolute Gasteiger partial charge is 0.573 e. The maximum Gasteiger partial charge on any atom is 0.573 e. The molecule has 0 aliphatic heterocycles. The first kappa shape index (κ1) is 19.6. The van der Waals surface area contributed by atoms with E-state index in [1.165, 1.54) is 0 Å². The van der Waals surface area contributed by atoms with Crippen LogP contribution >= 0.6 is 0 Å². The molecule has 1 heterocycles. The standard InChI is InChI=1S/C16H18F3N3O4S/c1-11-20-14(21-26-11)15(9-3-2-4-10-15)22-27(23,24)13-7-5-12(6-8-13)25-16(17,18)19/h5-8,22H,2-4,9-10H2,1H3. The van der Waals surface area contributed by atoms with Crippen LogP contribution in [-0.4, -0.2) is 24.9 Å². The molecule has 1 aliphatic carbocycles. The Hall–Kier alpha value is -2.14. The van der Waals surface area contributed by atoms with Crippen molar-refractivity contribution in [2.45, 2.75) is 55.8 Å². The van der Waals surface area contributed by atoms with Crippen molar-refractivity contribution in [3.63, 3.8) is 0 Å². The van der Waals surface area contributed by atoms with Crippen molar-refractivity contribution in [2.24, 2.45) is 0 Å². The van der Waals surface area contributed by atoms with Crippen LogP contribution in [0.4, 0.5) is 13.2 Å². The summed E-state index contributed by atoms with van der Waals surface area (Å²) in [7, 11) is -4.03. The van der Waals surface area contributed by atoms with E-state index in [0.29, 0.717) is 18.7 Å². The molecule has 1 fully saturated rings. The van der Waals surface area contributed by atoms with E-state index >= 15 is 0 Å². The highest BCUT2D eigenvalue weighted by molar-refractivity contribution is 7.89. The summed E-state index contributed by atoms with van der Waals surface area (Å²) in [6.45, 7) is 1.61. The molecule has 2 aromatic rings. The molecule has 1 aromatic heterocycles. The van der Waals surface area contributed by atoms with Crippen LogP contribution in [0.15, 0.2) is 33.7 Å². The number of nitrogens with one attached hydrogen (secondary N) is 1. The summed E-state index contributed by atoms with van der Waals surface area (Å²) in [6.07, 6.45) is -1.31. The summed E-state index contributed by atoms with van der Waals surface area (Å²) >= 11 is 0. The highest BCUT2D eigenvalue weighted by atomic mass is 32.2. The fourth-order valence-corrected chi connectivity index (χ4v) is 4.58. The Morgan fingerprint density at radius 2 is 1.78 bits per heavy atom. The summed E-state index contributed by atoms with van der Waals surface area (Å²) in [5.41, 5.74) is -1.00. The smallest absolute Gasteiger partial charge is 0.406 e. The number of nitrogens with zero attached hydrogens (tertiary/aromatic N) is 2. The zero-order chi connectivity index (χ0) is 19.7. The Balaban J connectivity index is 1.87. The Kier molecular flexibility index (Phi) is 5.17. The molecule has 0 bridgehead atoms. The van der Waals surface area contributed by atoms with Gasteiger partial charge >= 0.3 is 6.36 Å². The van der Waals surface area contributed by atoms with Crippen LogP contribution in [0.5, 0.6) is 5.75 Å². The molecule has 3 rings (SSSR count). The molecule has 1 N–H and O–H groups in total. The highest BCUT2D eigenvalue weighted by Gasteiger charge is 2.42. The lowest BCUT2D eigenvalue weighted by Crippen LogP contribution is -2.47. The lowest BCUT2D eigenvalue weighted by molar-refractivity contribution is -0.274. The van der Waals surface area contributed by atoms with E-state index in [1.807, 2.05) is 0 Å². The molecule has 1 saturated carbocycles.